The van der Waals surface area contributed by atoms with Crippen LogP contribution in [0, 0.1) is 11.8 Å². The van der Waals surface area contributed by atoms with Gasteiger partial charge in [-0.15, -0.1) is 0 Å². The Labute approximate surface area is 126 Å². The van der Waals surface area contributed by atoms with Crippen molar-refractivity contribution >= 4 is 15.9 Å². The maximum atomic E-state index is 5.31. The van der Waals surface area contributed by atoms with Crippen molar-refractivity contribution < 1.29 is 4.74 Å². The number of rotatable bonds is 8. The minimum Gasteiger partial charge on any atom is -0.384 e. The van der Waals surface area contributed by atoms with E-state index in [9.17, 15) is 0 Å². The molecule has 0 spiro atoms. The van der Waals surface area contributed by atoms with Gasteiger partial charge in [-0.2, -0.15) is 0 Å². The Hall–Kier alpha value is -0.380. The van der Waals surface area contributed by atoms with E-state index >= 15 is 0 Å². The molecule has 0 bridgehead atoms. The molecule has 0 aliphatic carbocycles. The maximum absolute atomic E-state index is 5.31. The number of hydrogen-bond acceptors (Lipinski definition) is 2. The molecule has 0 radical (unpaired) electrons. The van der Waals surface area contributed by atoms with Gasteiger partial charge >= 0.3 is 0 Å². The highest BCUT2D eigenvalue weighted by molar-refractivity contribution is 9.10. The fourth-order valence-electron chi connectivity index (χ4n) is 2.18. The number of halogens is 1. The van der Waals surface area contributed by atoms with Crippen molar-refractivity contribution in [2.75, 3.05) is 20.3 Å². The Balaban J connectivity index is 2.64. The lowest BCUT2D eigenvalue weighted by molar-refractivity contribution is 0.127. The number of hydrogen-bond donors (Lipinski definition) is 1. The Morgan fingerprint density at radius 3 is 2.32 bits per heavy atom. The van der Waals surface area contributed by atoms with Gasteiger partial charge in [0.25, 0.3) is 0 Å². The molecule has 0 aliphatic heterocycles. The van der Waals surface area contributed by atoms with Crippen LogP contribution in [0.3, 0.4) is 0 Å². The van der Waals surface area contributed by atoms with Crippen LogP contribution >= 0.6 is 15.9 Å². The first-order valence-electron chi connectivity index (χ1n) is 6.99. The Morgan fingerprint density at radius 1 is 1.16 bits per heavy atom. The van der Waals surface area contributed by atoms with Gasteiger partial charge in [0.2, 0.25) is 0 Å². The molecule has 108 valence electrons. The molecule has 2 atom stereocenters. The van der Waals surface area contributed by atoms with Gasteiger partial charge in [-0.3, -0.25) is 0 Å². The third kappa shape index (κ3) is 6.55. The highest BCUT2D eigenvalue weighted by atomic mass is 79.9. The van der Waals surface area contributed by atoms with Crippen LogP contribution in [0.5, 0.6) is 0 Å². The molecule has 0 aromatic heterocycles. The van der Waals surface area contributed by atoms with E-state index < -0.39 is 0 Å². The van der Waals surface area contributed by atoms with E-state index in [1.54, 1.807) is 7.11 Å². The lowest BCUT2D eigenvalue weighted by Gasteiger charge is -2.25. The summed E-state index contributed by atoms with van der Waals surface area (Å²) in [5.41, 5.74) is 1.39. The summed E-state index contributed by atoms with van der Waals surface area (Å²) in [5.74, 6) is 1.16. The predicted octanol–water partition coefficient (Wildman–Crippen LogP) is 3.89. The topological polar surface area (TPSA) is 21.3 Å². The Kier molecular flexibility index (Phi) is 7.66. The summed E-state index contributed by atoms with van der Waals surface area (Å²) >= 11 is 3.48. The summed E-state index contributed by atoms with van der Waals surface area (Å²) in [6.45, 7) is 8.52. The standard InChI is InChI=1S/C16H26BrNO/c1-12(2)18-10-15(13(3)11-19-4)9-14-5-7-16(17)8-6-14/h5-8,12-13,15,18H,9-11H2,1-4H3. The lowest BCUT2D eigenvalue weighted by atomic mass is 9.88. The third-order valence-corrected chi connectivity index (χ3v) is 3.96. The first-order valence-corrected chi connectivity index (χ1v) is 7.79. The summed E-state index contributed by atoms with van der Waals surface area (Å²) < 4.78 is 6.45. The van der Waals surface area contributed by atoms with E-state index in [-0.39, 0.29) is 0 Å². The van der Waals surface area contributed by atoms with E-state index in [0.717, 1.165) is 24.0 Å². The van der Waals surface area contributed by atoms with Crippen LogP contribution in [0.25, 0.3) is 0 Å². The zero-order valence-electron chi connectivity index (χ0n) is 12.4. The summed E-state index contributed by atoms with van der Waals surface area (Å²) in [5, 5.41) is 3.55. The summed E-state index contributed by atoms with van der Waals surface area (Å²) in [4.78, 5) is 0. The predicted molar refractivity (Wildman–Crippen MR) is 85.5 cm³/mol. The second-order valence-electron chi connectivity index (χ2n) is 5.59. The van der Waals surface area contributed by atoms with Gasteiger partial charge in [0.1, 0.15) is 0 Å². The lowest BCUT2D eigenvalue weighted by Crippen LogP contribution is -2.34. The smallest absolute Gasteiger partial charge is 0.0491 e. The molecule has 0 aliphatic rings. The van der Waals surface area contributed by atoms with Gasteiger partial charge < -0.3 is 10.1 Å². The number of methoxy groups -OCH3 is 1. The van der Waals surface area contributed by atoms with E-state index in [0.29, 0.717) is 17.9 Å². The van der Waals surface area contributed by atoms with Gasteiger partial charge in [0, 0.05) is 24.2 Å². The van der Waals surface area contributed by atoms with E-state index in [1.807, 2.05) is 0 Å². The fraction of sp³-hybridized carbons (Fsp3) is 0.625. The van der Waals surface area contributed by atoms with Crippen LogP contribution in [0.1, 0.15) is 26.3 Å². The zero-order chi connectivity index (χ0) is 14.3. The molecule has 0 saturated carbocycles. The molecule has 2 unspecified atom stereocenters. The largest absolute Gasteiger partial charge is 0.384 e. The summed E-state index contributed by atoms with van der Waals surface area (Å²) in [6.07, 6.45) is 1.09. The molecular formula is C16H26BrNO. The van der Waals surface area contributed by atoms with E-state index in [1.165, 1.54) is 5.56 Å². The van der Waals surface area contributed by atoms with Crippen molar-refractivity contribution in [2.45, 2.75) is 33.2 Å². The molecule has 19 heavy (non-hydrogen) atoms. The van der Waals surface area contributed by atoms with Crippen molar-refractivity contribution in [3.8, 4) is 0 Å². The van der Waals surface area contributed by atoms with Crippen LogP contribution in [-0.4, -0.2) is 26.3 Å². The summed E-state index contributed by atoms with van der Waals surface area (Å²) in [7, 11) is 1.78. The molecule has 0 amide bonds. The fourth-order valence-corrected chi connectivity index (χ4v) is 2.45. The SMILES string of the molecule is COCC(C)C(CNC(C)C)Cc1ccc(Br)cc1. The van der Waals surface area contributed by atoms with Gasteiger partial charge in [-0.1, -0.05) is 48.8 Å². The molecule has 0 heterocycles. The Bertz CT molecular complexity index is 350. The average Bonchev–Trinajstić information content (AvgIpc) is 2.36. The van der Waals surface area contributed by atoms with Crippen LogP contribution in [0.2, 0.25) is 0 Å². The number of nitrogens with one attached hydrogen (secondary N) is 1. The van der Waals surface area contributed by atoms with Crippen molar-refractivity contribution in [3.63, 3.8) is 0 Å². The van der Waals surface area contributed by atoms with Gasteiger partial charge in [0.05, 0.1) is 0 Å². The molecule has 1 aromatic carbocycles. The Morgan fingerprint density at radius 2 is 1.79 bits per heavy atom. The quantitative estimate of drug-likeness (QED) is 0.782. The second-order valence-corrected chi connectivity index (χ2v) is 6.50. The van der Waals surface area contributed by atoms with Crippen LogP contribution in [-0.2, 0) is 11.2 Å². The number of ether oxygens (including phenoxy) is 1. The molecule has 0 fully saturated rings. The first-order chi connectivity index (χ1) is 9.02. The molecule has 3 heteroatoms. The normalized spacial score (nSPS) is 14.6. The molecule has 0 saturated heterocycles. The zero-order valence-corrected chi connectivity index (χ0v) is 14.0. The molecule has 1 aromatic rings. The van der Waals surface area contributed by atoms with Crippen molar-refractivity contribution in [1.82, 2.24) is 5.32 Å². The van der Waals surface area contributed by atoms with Gasteiger partial charge in [-0.05, 0) is 42.5 Å². The first kappa shape index (κ1) is 16.7. The second kappa shape index (κ2) is 8.72. The van der Waals surface area contributed by atoms with Crippen molar-refractivity contribution in [3.05, 3.63) is 34.3 Å². The van der Waals surface area contributed by atoms with Crippen molar-refractivity contribution in [1.29, 1.82) is 0 Å². The minimum atomic E-state index is 0.530. The van der Waals surface area contributed by atoms with Gasteiger partial charge in [0.15, 0.2) is 0 Å². The minimum absolute atomic E-state index is 0.530. The monoisotopic (exact) mass is 327 g/mol. The highest BCUT2D eigenvalue weighted by Gasteiger charge is 2.18. The third-order valence-electron chi connectivity index (χ3n) is 3.43. The summed E-state index contributed by atoms with van der Waals surface area (Å²) in [6, 6.07) is 9.16. The van der Waals surface area contributed by atoms with Crippen LogP contribution < -0.4 is 5.32 Å². The van der Waals surface area contributed by atoms with Crippen LogP contribution in [0.15, 0.2) is 28.7 Å². The molecule has 2 nitrogen and oxygen atoms in total. The van der Waals surface area contributed by atoms with Crippen molar-refractivity contribution in [2.24, 2.45) is 11.8 Å². The van der Waals surface area contributed by atoms with E-state index in [2.05, 4.69) is 66.3 Å². The van der Waals surface area contributed by atoms with Crippen LogP contribution in [0.4, 0.5) is 0 Å². The average molecular weight is 328 g/mol. The number of benzene rings is 1. The molecule has 1 rings (SSSR count). The molecular weight excluding hydrogens is 302 g/mol. The highest BCUT2D eigenvalue weighted by Crippen LogP contribution is 2.19. The molecule has 1 N–H and O–H groups in total. The maximum Gasteiger partial charge on any atom is 0.0491 e. The van der Waals surface area contributed by atoms with E-state index in [4.69, 9.17) is 4.74 Å². The van der Waals surface area contributed by atoms with Gasteiger partial charge in [-0.25, -0.2) is 0 Å².